The van der Waals surface area contributed by atoms with Gasteiger partial charge in [0.05, 0.1) is 7.11 Å². The molecule has 2 atom stereocenters. The molecular formula is C13H21NO. The van der Waals surface area contributed by atoms with Crippen LogP contribution in [0.2, 0.25) is 0 Å². The highest BCUT2D eigenvalue weighted by Gasteiger charge is 2.14. The zero-order chi connectivity index (χ0) is 11.3. The van der Waals surface area contributed by atoms with E-state index in [2.05, 4.69) is 19.9 Å². The Morgan fingerprint density at radius 2 is 2.13 bits per heavy atom. The highest BCUT2D eigenvalue weighted by atomic mass is 16.5. The number of nitrogens with two attached hydrogens (primary N) is 1. The molecule has 15 heavy (non-hydrogen) atoms. The van der Waals surface area contributed by atoms with Crippen molar-refractivity contribution >= 4 is 0 Å². The van der Waals surface area contributed by atoms with Gasteiger partial charge < -0.3 is 10.5 Å². The van der Waals surface area contributed by atoms with Crippen molar-refractivity contribution in [3.8, 4) is 5.75 Å². The predicted molar refractivity (Wildman–Crippen MR) is 64.0 cm³/mol. The number of ether oxygens (including phenoxy) is 1. The van der Waals surface area contributed by atoms with Crippen LogP contribution in [-0.4, -0.2) is 7.11 Å². The van der Waals surface area contributed by atoms with Gasteiger partial charge in [-0.1, -0.05) is 32.4 Å². The summed E-state index contributed by atoms with van der Waals surface area (Å²) in [6, 6.07) is 8.14. The third-order valence-corrected chi connectivity index (χ3v) is 2.84. The Balaban J connectivity index is 2.76. The summed E-state index contributed by atoms with van der Waals surface area (Å²) in [5, 5.41) is 0. The molecule has 2 heteroatoms. The summed E-state index contributed by atoms with van der Waals surface area (Å²) >= 11 is 0. The first kappa shape index (κ1) is 12.1. The first-order valence-corrected chi connectivity index (χ1v) is 5.58. The predicted octanol–water partition coefficient (Wildman–Crippen LogP) is 3.13. The fraction of sp³-hybridized carbons (Fsp3) is 0.538. The lowest BCUT2D eigenvalue weighted by atomic mass is 9.92. The Kier molecular flexibility index (Phi) is 4.63. The van der Waals surface area contributed by atoms with Gasteiger partial charge in [0.2, 0.25) is 0 Å². The number of hydrogen-bond acceptors (Lipinski definition) is 2. The molecule has 2 nitrogen and oxygen atoms in total. The largest absolute Gasteiger partial charge is 0.497 e. The van der Waals surface area contributed by atoms with Crippen LogP contribution in [0.4, 0.5) is 0 Å². The minimum absolute atomic E-state index is 0.111. The minimum Gasteiger partial charge on any atom is -0.497 e. The van der Waals surface area contributed by atoms with Gasteiger partial charge in [-0.2, -0.15) is 0 Å². The normalized spacial score (nSPS) is 14.7. The summed E-state index contributed by atoms with van der Waals surface area (Å²) in [5.41, 5.74) is 7.35. The van der Waals surface area contributed by atoms with Gasteiger partial charge in [0, 0.05) is 6.04 Å². The van der Waals surface area contributed by atoms with Gasteiger partial charge in [0.25, 0.3) is 0 Å². The lowest BCUT2D eigenvalue weighted by Gasteiger charge is -2.20. The second-order valence-corrected chi connectivity index (χ2v) is 4.07. The Labute approximate surface area is 92.4 Å². The molecule has 84 valence electrons. The first-order chi connectivity index (χ1) is 7.19. The Hall–Kier alpha value is -1.02. The summed E-state index contributed by atoms with van der Waals surface area (Å²) in [6.07, 6.45) is 2.34. The van der Waals surface area contributed by atoms with Gasteiger partial charge in [0.1, 0.15) is 5.75 Å². The molecule has 0 bridgehead atoms. The van der Waals surface area contributed by atoms with Crippen LogP contribution in [0.5, 0.6) is 5.75 Å². The Bertz CT molecular complexity index is 298. The lowest BCUT2D eigenvalue weighted by molar-refractivity contribution is 0.408. The van der Waals surface area contributed by atoms with Gasteiger partial charge >= 0.3 is 0 Å². The average molecular weight is 207 g/mol. The van der Waals surface area contributed by atoms with Crippen LogP contribution in [0.1, 0.15) is 38.3 Å². The summed E-state index contributed by atoms with van der Waals surface area (Å²) in [7, 11) is 1.68. The third-order valence-electron chi connectivity index (χ3n) is 2.84. The van der Waals surface area contributed by atoms with E-state index in [-0.39, 0.29) is 6.04 Å². The van der Waals surface area contributed by atoms with Crippen molar-refractivity contribution in [2.45, 2.75) is 32.7 Å². The average Bonchev–Trinajstić information content (AvgIpc) is 2.28. The Morgan fingerprint density at radius 1 is 1.40 bits per heavy atom. The second kappa shape index (κ2) is 5.76. The van der Waals surface area contributed by atoms with Crippen molar-refractivity contribution in [3.63, 3.8) is 0 Å². The van der Waals surface area contributed by atoms with E-state index in [4.69, 9.17) is 10.5 Å². The molecule has 0 spiro atoms. The van der Waals surface area contributed by atoms with Crippen LogP contribution >= 0.6 is 0 Å². The van der Waals surface area contributed by atoms with E-state index in [1.165, 1.54) is 12.8 Å². The highest BCUT2D eigenvalue weighted by Crippen LogP contribution is 2.25. The van der Waals surface area contributed by atoms with Gasteiger partial charge in [-0.15, -0.1) is 0 Å². The van der Waals surface area contributed by atoms with E-state index >= 15 is 0 Å². The highest BCUT2D eigenvalue weighted by molar-refractivity contribution is 5.30. The number of hydrogen-bond donors (Lipinski definition) is 1. The molecule has 1 aromatic carbocycles. The molecule has 0 fully saturated rings. The molecule has 0 aliphatic rings. The minimum atomic E-state index is 0.111. The van der Waals surface area contributed by atoms with E-state index in [1.807, 2.05) is 18.2 Å². The van der Waals surface area contributed by atoms with Gasteiger partial charge in [-0.3, -0.25) is 0 Å². The van der Waals surface area contributed by atoms with Crippen LogP contribution in [0.25, 0.3) is 0 Å². The molecule has 0 aromatic heterocycles. The smallest absolute Gasteiger partial charge is 0.119 e. The molecule has 0 heterocycles. The van der Waals surface area contributed by atoms with E-state index in [0.29, 0.717) is 5.92 Å². The molecule has 1 rings (SSSR count). The standard InChI is InChI=1S/C13H21NO/c1-4-6-10(2)13(14)11-7-5-8-12(9-11)15-3/h5,7-10,13H,4,6,14H2,1-3H3. The van der Waals surface area contributed by atoms with Crippen LogP contribution in [0, 0.1) is 5.92 Å². The van der Waals surface area contributed by atoms with E-state index in [1.54, 1.807) is 7.11 Å². The molecule has 0 saturated carbocycles. The number of methoxy groups -OCH3 is 1. The van der Waals surface area contributed by atoms with Crippen molar-refractivity contribution in [2.24, 2.45) is 11.7 Å². The third kappa shape index (κ3) is 3.24. The molecule has 0 radical (unpaired) electrons. The molecular weight excluding hydrogens is 186 g/mol. The maximum atomic E-state index is 6.19. The molecule has 0 aliphatic carbocycles. The fourth-order valence-corrected chi connectivity index (χ4v) is 1.81. The van der Waals surface area contributed by atoms with Gasteiger partial charge in [-0.05, 0) is 30.0 Å². The molecule has 0 amide bonds. The first-order valence-electron chi connectivity index (χ1n) is 5.58. The topological polar surface area (TPSA) is 35.2 Å². The maximum Gasteiger partial charge on any atom is 0.119 e. The van der Waals surface area contributed by atoms with Crippen molar-refractivity contribution in [1.29, 1.82) is 0 Å². The van der Waals surface area contributed by atoms with Crippen LogP contribution in [0.15, 0.2) is 24.3 Å². The van der Waals surface area contributed by atoms with Crippen LogP contribution < -0.4 is 10.5 Å². The summed E-state index contributed by atoms with van der Waals surface area (Å²) in [6.45, 7) is 4.39. The monoisotopic (exact) mass is 207 g/mol. The van der Waals surface area contributed by atoms with Crippen molar-refractivity contribution in [1.82, 2.24) is 0 Å². The molecule has 2 unspecified atom stereocenters. The van der Waals surface area contributed by atoms with Crippen molar-refractivity contribution in [2.75, 3.05) is 7.11 Å². The zero-order valence-electron chi connectivity index (χ0n) is 9.86. The quantitative estimate of drug-likeness (QED) is 0.805. The Morgan fingerprint density at radius 3 is 2.73 bits per heavy atom. The van der Waals surface area contributed by atoms with Crippen LogP contribution in [0.3, 0.4) is 0 Å². The van der Waals surface area contributed by atoms with Crippen molar-refractivity contribution < 1.29 is 4.74 Å². The fourth-order valence-electron chi connectivity index (χ4n) is 1.81. The summed E-state index contributed by atoms with van der Waals surface area (Å²) < 4.78 is 5.19. The second-order valence-electron chi connectivity index (χ2n) is 4.07. The van der Waals surface area contributed by atoms with E-state index in [9.17, 15) is 0 Å². The maximum absolute atomic E-state index is 6.19. The number of rotatable bonds is 5. The van der Waals surface area contributed by atoms with E-state index < -0.39 is 0 Å². The molecule has 2 N–H and O–H groups in total. The molecule has 0 aliphatic heterocycles. The summed E-state index contributed by atoms with van der Waals surface area (Å²) in [4.78, 5) is 0. The SMILES string of the molecule is CCCC(C)C(N)c1cccc(OC)c1. The lowest BCUT2D eigenvalue weighted by Crippen LogP contribution is -2.18. The van der Waals surface area contributed by atoms with E-state index in [0.717, 1.165) is 11.3 Å². The number of benzene rings is 1. The van der Waals surface area contributed by atoms with Gasteiger partial charge in [-0.25, -0.2) is 0 Å². The van der Waals surface area contributed by atoms with Crippen molar-refractivity contribution in [3.05, 3.63) is 29.8 Å². The molecule has 0 saturated heterocycles. The van der Waals surface area contributed by atoms with Gasteiger partial charge in [0.15, 0.2) is 0 Å². The zero-order valence-corrected chi connectivity index (χ0v) is 9.86. The summed E-state index contributed by atoms with van der Waals surface area (Å²) in [5.74, 6) is 1.40. The molecule has 1 aromatic rings. The van der Waals surface area contributed by atoms with Crippen LogP contribution in [-0.2, 0) is 0 Å².